The van der Waals surface area contributed by atoms with Crippen LogP contribution in [0.5, 0.6) is 5.75 Å². The Bertz CT molecular complexity index is 1230. The van der Waals surface area contributed by atoms with Crippen molar-refractivity contribution >= 4 is 34.0 Å². The van der Waals surface area contributed by atoms with Crippen LogP contribution in [0.25, 0.3) is 10.8 Å². The molecular formula is C28H31N3O. The van der Waals surface area contributed by atoms with E-state index in [0.717, 1.165) is 30.9 Å². The van der Waals surface area contributed by atoms with Crippen molar-refractivity contribution in [3.05, 3.63) is 60.2 Å². The lowest BCUT2D eigenvalue weighted by Crippen LogP contribution is -2.61. The lowest BCUT2D eigenvalue weighted by molar-refractivity contribution is 0.0706. The van der Waals surface area contributed by atoms with Gasteiger partial charge in [0.1, 0.15) is 5.69 Å². The third-order valence-corrected chi connectivity index (χ3v) is 8.15. The number of hydrogen-bond donors (Lipinski definition) is 0. The van der Waals surface area contributed by atoms with Gasteiger partial charge in [-0.1, -0.05) is 49.4 Å². The monoisotopic (exact) mass is 425 g/mol. The summed E-state index contributed by atoms with van der Waals surface area (Å²) in [5, 5.41) is 2.44. The predicted molar refractivity (Wildman–Crippen MR) is 134 cm³/mol. The van der Waals surface area contributed by atoms with Crippen LogP contribution in [0.4, 0.5) is 17.1 Å². The summed E-state index contributed by atoms with van der Waals surface area (Å²) in [6, 6.07) is 19.6. The van der Waals surface area contributed by atoms with Crippen molar-refractivity contribution in [2.75, 3.05) is 29.9 Å². The molecule has 0 aliphatic carbocycles. The Hall–Kier alpha value is -3.01. The molecule has 4 heteroatoms. The van der Waals surface area contributed by atoms with E-state index in [1.165, 1.54) is 47.0 Å². The van der Waals surface area contributed by atoms with Crippen molar-refractivity contribution in [2.24, 2.45) is 4.99 Å². The van der Waals surface area contributed by atoms with E-state index in [1.54, 1.807) is 0 Å². The van der Waals surface area contributed by atoms with Gasteiger partial charge in [0.2, 0.25) is 5.72 Å². The van der Waals surface area contributed by atoms with Gasteiger partial charge < -0.3 is 14.5 Å². The molecule has 0 radical (unpaired) electrons. The molecule has 164 valence electrons. The summed E-state index contributed by atoms with van der Waals surface area (Å²) < 4.78 is 7.07. The van der Waals surface area contributed by atoms with Gasteiger partial charge in [-0.3, -0.25) is 4.99 Å². The zero-order valence-corrected chi connectivity index (χ0v) is 19.3. The SMILES string of the molecule is CCC1(C)c2ccccc2N(C)C12C=Nc1c(cc(N3CCCCC3)c3ccccc13)O2. The zero-order valence-electron chi connectivity index (χ0n) is 19.3. The van der Waals surface area contributed by atoms with Crippen LogP contribution in [0.3, 0.4) is 0 Å². The molecule has 0 saturated carbocycles. The van der Waals surface area contributed by atoms with Gasteiger partial charge in [-0.25, -0.2) is 0 Å². The molecule has 3 aromatic carbocycles. The first-order valence-electron chi connectivity index (χ1n) is 12.0. The second kappa shape index (κ2) is 6.99. The van der Waals surface area contributed by atoms with E-state index < -0.39 is 5.72 Å². The molecule has 3 aromatic rings. The van der Waals surface area contributed by atoms with Gasteiger partial charge in [0.25, 0.3) is 0 Å². The predicted octanol–water partition coefficient (Wildman–Crippen LogP) is 6.44. The molecular weight excluding hydrogens is 394 g/mol. The number of para-hydroxylation sites is 1. The van der Waals surface area contributed by atoms with Crippen molar-refractivity contribution in [1.82, 2.24) is 0 Å². The Morgan fingerprint density at radius 3 is 2.44 bits per heavy atom. The molecule has 3 aliphatic rings. The molecule has 0 amide bonds. The Kier molecular flexibility index (Phi) is 4.30. The van der Waals surface area contributed by atoms with E-state index in [-0.39, 0.29) is 5.41 Å². The molecule has 0 bridgehead atoms. The number of fused-ring (bicyclic) bond motifs is 4. The largest absolute Gasteiger partial charge is 0.459 e. The van der Waals surface area contributed by atoms with Gasteiger partial charge in [-0.2, -0.15) is 0 Å². The average molecular weight is 426 g/mol. The van der Waals surface area contributed by atoms with Crippen molar-refractivity contribution in [2.45, 2.75) is 50.7 Å². The number of piperidine rings is 1. The summed E-state index contributed by atoms with van der Waals surface area (Å²) in [6.07, 6.45) is 6.84. The molecule has 0 N–H and O–H groups in total. The highest BCUT2D eigenvalue weighted by Gasteiger charge is 2.60. The third-order valence-electron chi connectivity index (χ3n) is 8.15. The first-order valence-corrected chi connectivity index (χ1v) is 12.0. The van der Waals surface area contributed by atoms with Crippen LogP contribution < -0.4 is 14.5 Å². The normalized spacial score (nSPS) is 26.3. The maximum Gasteiger partial charge on any atom is 0.228 e. The van der Waals surface area contributed by atoms with Gasteiger partial charge >= 0.3 is 0 Å². The molecule has 4 nitrogen and oxygen atoms in total. The second-order valence-corrected chi connectivity index (χ2v) is 9.65. The summed E-state index contributed by atoms with van der Waals surface area (Å²) in [4.78, 5) is 9.93. The van der Waals surface area contributed by atoms with E-state index in [1.807, 2.05) is 0 Å². The Morgan fingerprint density at radius 1 is 0.938 bits per heavy atom. The molecule has 6 rings (SSSR count). The number of likely N-dealkylation sites (N-methyl/N-ethyl adjacent to an activating group) is 1. The Labute approximate surface area is 190 Å². The van der Waals surface area contributed by atoms with Gasteiger partial charge in [-0.15, -0.1) is 0 Å². The standard InChI is InChI=1S/C28H31N3O/c1-4-27(2)22-14-8-9-15-23(22)30(3)28(27)19-29-26-21-13-7-6-12-20(21)24(18-25(26)32-28)31-16-10-5-11-17-31/h6-9,12-15,18-19H,4-5,10-11,16-17H2,1-3H3. The Morgan fingerprint density at radius 2 is 1.66 bits per heavy atom. The molecule has 1 fully saturated rings. The minimum Gasteiger partial charge on any atom is -0.459 e. The number of benzene rings is 3. The molecule has 1 spiro atoms. The van der Waals surface area contributed by atoms with Crippen LogP contribution in [0, 0.1) is 0 Å². The number of hydrogen-bond acceptors (Lipinski definition) is 4. The summed E-state index contributed by atoms with van der Waals surface area (Å²) in [7, 11) is 2.14. The summed E-state index contributed by atoms with van der Waals surface area (Å²) in [6.45, 7) is 6.79. The van der Waals surface area contributed by atoms with Crippen molar-refractivity contribution in [3.8, 4) is 5.75 Å². The van der Waals surface area contributed by atoms with E-state index >= 15 is 0 Å². The topological polar surface area (TPSA) is 28.1 Å². The molecule has 0 aromatic heterocycles. The first-order chi connectivity index (χ1) is 15.6. The maximum absolute atomic E-state index is 7.07. The minimum atomic E-state index is -0.639. The molecule has 1 saturated heterocycles. The van der Waals surface area contributed by atoms with Crippen LogP contribution in [-0.4, -0.2) is 32.1 Å². The lowest BCUT2D eigenvalue weighted by Gasteiger charge is -2.46. The van der Waals surface area contributed by atoms with Gasteiger partial charge in [-0.05, 0) is 44.2 Å². The number of ether oxygens (including phenoxy) is 1. The van der Waals surface area contributed by atoms with Gasteiger partial charge in [0.05, 0.1) is 11.6 Å². The lowest BCUT2D eigenvalue weighted by atomic mass is 9.73. The minimum absolute atomic E-state index is 0.198. The fourth-order valence-corrected chi connectivity index (χ4v) is 6.10. The highest BCUT2D eigenvalue weighted by atomic mass is 16.5. The molecule has 2 unspecified atom stereocenters. The fourth-order valence-electron chi connectivity index (χ4n) is 6.10. The van der Waals surface area contributed by atoms with Crippen LogP contribution in [0.1, 0.15) is 45.1 Å². The van der Waals surface area contributed by atoms with Gasteiger partial charge in [0, 0.05) is 48.4 Å². The maximum atomic E-state index is 7.07. The van der Waals surface area contributed by atoms with Gasteiger partial charge in [0.15, 0.2) is 5.75 Å². The molecule has 3 heterocycles. The zero-order chi connectivity index (χ0) is 21.9. The second-order valence-electron chi connectivity index (χ2n) is 9.65. The van der Waals surface area contributed by atoms with E-state index in [0.29, 0.717) is 0 Å². The summed E-state index contributed by atoms with van der Waals surface area (Å²) in [5.74, 6) is 0.895. The van der Waals surface area contributed by atoms with Crippen LogP contribution in [0.15, 0.2) is 59.6 Å². The van der Waals surface area contributed by atoms with Crippen LogP contribution >= 0.6 is 0 Å². The van der Waals surface area contributed by atoms with Crippen LogP contribution in [0.2, 0.25) is 0 Å². The average Bonchev–Trinajstić information content (AvgIpc) is 3.03. The van der Waals surface area contributed by atoms with Crippen molar-refractivity contribution in [1.29, 1.82) is 0 Å². The van der Waals surface area contributed by atoms with Crippen LogP contribution in [-0.2, 0) is 5.41 Å². The quantitative estimate of drug-likeness (QED) is 0.473. The summed E-state index contributed by atoms with van der Waals surface area (Å²) >= 11 is 0. The highest BCUT2D eigenvalue weighted by molar-refractivity contribution is 6.06. The third kappa shape index (κ3) is 2.47. The molecule has 2 atom stereocenters. The fraction of sp³-hybridized carbons (Fsp3) is 0.393. The van der Waals surface area contributed by atoms with Crippen molar-refractivity contribution in [3.63, 3.8) is 0 Å². The number of aliphatic imine (C=N–C) groups is 1. The smallest absolute Gasteiger partial charge is 0.228 e. The van der Waals surface area contributed by atoms with E-state index in [4.69, 9.17) is 9.73 Å². The summed E-state index contributed by atoms with van der Waals surface area (Å²) in [5.41, 5.74) is 3.95. The Balaban J connectivity index is 1.54. The number of nitrogens with zero attached hydrogens (tertiary/aromatic N) is 3. The first kappa shape index (κ1) is 19.7. The molecule has 32 heavy (non-hydrogen) atoms. The van der Waals surface area contributed by atoms with Crippen molar-refractivity contribution < 1.29 is 4.74 Å². The number of anilines is 2. The van der Waals surface area contributed by atoms with E-state index in [2.05, 4.69) is 91.5 Å². The highest BCUT2D eigenvalue weighted by Crippen LogP contribution is 2.56. The molecule has 3 aliphatic heterocycles. The van der Waals surface area contributed by atoms with E-state index in [9.17, 15) is 0 Å². The number of rotatable bonds is 2.